The highest BCUT2D eigenvalue weighted by atomic mass is 35.5. The molecule has 1 N–H and O–H groups in total. The molecule has 0 spiro atoms. The summed E-state index contributed by atoms with van der Waals surface area (Å²) < 4.78 is 6.03. The number of aromatic nitrogens is 1. The summed E-state index contributed by atoms with van der Waals surface area (Å²) in [6.07, 6.45) is 2.43. The van der Waals surface area contributed by atoms with Crippen LogP contribution in [0.5, 0.6) is 0 Å². The van der Waals surface area contributed by atoms with E-state index >= 15 is 0 Å². The Morgan fingerprint density at radius 1 is 1.24 bits per heavy atom. The molecule has 0 radical (unpaired) electrons. The van der Waals surface area contributed by atoms with Crippen molar-refractivity contribution >= 4 is 34.2 Å². The summed E-state index contributed by atoms with van der Waals surface area (Å²) in [7, 11) is 0. The van der Waals surface area contributed by atoms with Gasteiger partial charge in [-0.2, -0.15) is 0 Å². The summed E-state index contributed by atoms with van der Waals surface area (Å²) in [5, 5.41) is 5.01. The topological polar surface area (TPSA) is 53.7 Å². The Labute approximate surface area is 128 Å². The Balaban J connectivity index is 1.94. The third-order valence-corrected chi connectivity index (χ3v) is 4.83. The summed E-state index contributed by atoms with van der Waals surface area (Å²) in [5.41, 5.74) is 3.43. The van der Waals surface area contributed by atoms with Crippen molar-refractivity contribution in [2.45, 2.75) is 26.7 Å². The molecule has 0 bridgehead atoms. The van der Waals surface area contributed by atoms with Gasteiger partial charge < -0.3 is 14.6 Å². The van der Waals surface area contributed by atoms with Crippen molar-refractivity contribution in [2.24, 2.45) is 4.99 Å². The molecule has 0 aliphatic carbocycles. The van der Waals surface area contributed by atoms with E-state index in [0.29, 0.717) is 17.4 Å². The largest absolute Gasteiger partial charge is 0.432 e. The SMILES string of the molecule is Cc1nc2oc3c(c2c(C)c1Cl)NCN=C3N1CCCC1. The highest BCUT2D eigenvalue weighted by Crippen LogP contribution is 2.38. The fourth-order valence-electron chi connectivity index (χ4n) is 3.19. The monoisotopic (exact) mass is 304 g/mol. The van der Waals surface area contributed by atoms with Gasteiger partial charge >= 0.3 is 0 Å². The van der Waals surface area contributed by atoms with Gasteiger partial charge in [-0.15, -0.1) is 0 Å². The van der Waals surface area contributed by atoms with Crippen molar-refractivity contribution in [3.05, 3.63) is 22.0 Å². The third-order valence-electron chi connectivity index (χ3n) is 4.27. The molecule has 0 aromatic carbocycles. The fraction of sp³-hybridized carbons (Fsp3) is 0.467. The number of nitrogens with one attached hydrogen (secondary N) is 1. The van der Waals surface area contributed by atoms with Crippen molar-refractivity contribution in [3.63, 3.8) is 0 Å². The van der Waals surface area contributed by atoms with Crippen LogP contribution < -0.4 is 5.32 Å². The van der Waals surface area contributed by atoms with Gasteiger partial charge in [-0.05, 0) is 32.3 Å². The number of amidine groups is 1. The number of rotatable bonds is 0. The molecule has 2 aliphatic rings. The Morgan fingerprint density at radius 3 is 2.76 bits per heavy atom. The maximum Gasteiger partial charge on any atom is 0.229 e. The number of hydrogen-bond acceptors (Lipinski definition) is 5. The third kappa shape index (κ3) is 1.83. The van der Waals surface area contributed by atoms with Gasteiger partial charge in [0.25, 0.3) is 0 Å². The van der Waals surface area contributed by atoms with Crippen molar-refractivity contribution in [2.75, 3.05) is 25.1 Å². The fourth-order valence-corrected chi connectivity index (χ4v) is 3.33. The number of aliphatic imine (C=N–C) groups is 1. The van der Waals surface area contributed by atoms with Crippen molar-refractivity contribution in [3.8, 4) is 0 Å². The van der Waals surface area contributed by atoms with Crippen LogP contribution in [0.15, 0.2) is 9.41 Å². The van der Waals surface area contributed by atoms with Crippen LogP contribution in [0.3, 0.4) is 0 Å². The molecule has 6 heteroatoms. The lowest BCUT2D eigenvalue weighted by molar-refractivity contribution is 0.491. The van der Waals surface area contributed by atoms with Gasteiger partial charge in [-0.25, -0.2) is 9.98 Å². The van der Waals surface area contributed by atoms with E-state index in [0.717, 1.165) is 47.0 Å². The number of likely N-dealkylation sites (tertiary alicyclic amines) is 1. The standard InChI is InChI=1S/C15H17ClN4O/c1-8-10-12-13(21-15(10)19-9(2)11(8)16)14(18-7-17-12)20-5-3-4-6-20/h17H,3-7H2,1-2H3. The molecule has 2 aromatic rings. The summed E-state index contributed by atoms with van der Waals surface area (Å²) in [4.78, 5) is 11.4. The van der Waals surface area contributed by atoms with E-state index in [1.54, 1.807) is 0 Å². The van der Waals surface area contributed by atoms with E-state index in [1.807, 2.05) is 13.8 Å². The first-order chi connectivity index (χ1) is 10.2. The van der Waals surface area contributed by atoms with Gasteiger partial charge in [0.1, 0.15) is 6.67 Å². The predicted octanol–water partition coefficient (Wildman–Crippen LogP) is 3.32. The second-order valence-corrected chi connectivity index (χ2v) is 6.01. The van der Waals surface area contributed by atoms with Gasteiger partial charge in [0.15, 0.2) is 11.6 Å². The minimum atomic E-state index is 0.568. The zero-order chi connectivity index (χ0) is 14.6. The summed E-state index contributed by atoms with van der Waals surface area (Å²) in [6.45, 7) is 6.57. The van der Waals surface area contributed by atoms with Gasteiger partial charge in [0, 0.05) is 13.1 Å². The van der Waals surface area contributed by atoms with E-state index in [2.05, 4.69) is 20.2 Å². The van der Waals surface area contributed by atoms with Crippen LogP contribution in [-0.2, 0) is 0 Å². The van der Waals surface area contributed by atoms with Crippen LogP contribution in [0, 0.1) is 13.8 Å². The van der Waals surface area contributed by atoms with Crippen LogP contribution in [0.25, 0.3) is 11.1 Å². The Kier molecular flexibility index (Phi) is 2.85. The highest BCUT2D eigenvalue weighted by molar-refractivity contribution is 6.33. The van der Waals surface area contributed by atoms with Gasteiger partial charge in [0.2, 0.25) is 5.71 Å². The molecule has 1 saturated heterocycles. The molecule has 0 unspecified atom stereocenters. The number of fused-ring (bicyclic) bond motifs is 3. The Hall–Kier alpha value is -1.75. The number of furan rings is 1. The number of hydrogen-bond donors (Lipinski definition) is 1. The quantitative estimate of drug-likeness (QED) is 0.811. The first-order valence-electron chi connectivity index (χ1n) is 7.29. The van der Waals surface area contributed by atoms with Crippen LogP contribution in [0.2, 0.25) is 5.02 Å². The minimum absolute atomic E-state index is 0.568. The second kappa shape index (κ2) is 4.63. The van der Waals surface area contributed by atoms with E-state index in [-0.39, 0.29) is 0 Å². The van der Waals surface area contributed by atoms with Crippen molar-refractivity contribution in [1.29, 1.82) is 0 Å². The maximum atomic E-state index is 6.35. The highest BCUT2D eigenvalue weighted by Gasteiger charge is 2.29. The summed E-state index contributed by atoms with van der Waals surface area (Å²) >= 11 is 6.35. The average Bonchev–Trinajstić information content (AvgIpc) is 3.11. The lowest BCUT2D eigenvalue weighted by Gasteiger charge is -2.22. The number of aryl methyl sites for hydroxylation is 2. The molecule has 0 saturated carbocycles. The number of nitrogens with zero attached hydrogens (tertiary/aromatic N) is 3. The molecule has 2 aromatic heterocycles. The second-order valence-electron chi connectivity index (χ2n) is 5.63. The molecule has 1 fully saturated rings. The van der Waals surface area contributed by atoms with Gasteiger partial charge in [-0.1, -0.05) is 11.6 Å². The normalized spacial score (nSPS) is 17.9. The van der Waals surface area contributed by atoms with Crippen LogP contribution in [-0.4, -0.2) is 35.5 Å². The Bertz CT molecular complexity index is 759. The molecule has 21 heavy (non-hydrogen) atoms. The summed E-state index contributed by atoms with van der Waals surface area (Å²) in [6, 6.07) is 0. The lowest BCUT2D eigenvalue weighted by Crippen LogP contribution is -2.31. The molecular formula is C15H17ClN4O. The minimum Gasteiger partial charge on any atom is -0.432 e. The predicted molar refractivity (Wildman–Crippen MR) is 84.3 cm³/mol. The van der Waals surface area contributed by atoms with Gasteiger partial charge in [0.05, 0.1) is 21.8 Å². The summed E-state index contributed by atoms with van der Waals surface area (Å²) in [5.74, 6) is 1.75. The molecule has 4 heterocycles. The van der Waals surface area contributed by atoms with Crippen molar-refractivity contribution in [1.82, 2.24) is 9.88 Å². The zero-order valence-corrected chi connectivity index (χ0v) is 12.9. The maximum absolute atomic E-state index is 6.35. The van der Waals surface area contributed by atoms with E-state index in [4.69, 9.17) is 16.0 Å². The zero-order valence-electron chi connectivity index (χ0n) is 12.2. The van der Waals surface area contributed by atoms with E-state index in [9.17, 15) is 0 Å². The molecule has 2 aliphatic heterocycles. The first kappa shape index (κ1) is 13.0. The molecule has 0 atom stereocenters. The van der Waals surface area contributed by atoms with Crippen LogP contribution in [0.1, 0.15) is 29.9 Å². The molecule has 5 nitrogen and oxygen atoms in total. The van der Waals surface area contributed by atoms with Crippen LogP contribution >= 0.6 is 11.6 Å². The molecule has 0 amide bonds. The van der Waals surface area contributed by atoms with Crippen molar-refractivity contribution < 1.29 is 4.42 Å². The molecular weight excluding hydrogens is 288 g/mol. The average molecular weight is 305 g/mol. The molecule has 4 rings (SSSR count). The smallest absolute Gasteiger partial charge is 0.229 e. The molecule has 110 valence electrons. The Morgan fingerprint density at radius 2 is 2.00 bits per heavy atom. The first-order valence-corrected chi connectivity index (χ1v) is 7.67. The number of anilines is 1. The van der Waals surface area contributed by atoms with Gasteiger partial charge in [-0.3, -0.25) is 0 Å². The number of pyridine rings is 1. The van der Waals surface area contributed by atoms with Crippen LogP contribution in [0.4, 0.5) is 5.69 Å². The number of halogens is 1. The van der Waals surface area contributed by atoms with E-state index in [1.165, 1.54) is 12.8 Å². The lowest BCUT2D eigenvalue weighted by atomic mass is 10.1. The van der Waals surface area contributed by atoms with E-state index < -0.39 is 0 Å².